The number of thiazole rings is 2. The molecular formula is C19H22N4O4S3. The first-order valence-electron chi connectivity index (χ1n) is 9.20. The van der Waals surface area contributed by atoms with Crippen LogP contribution in [0.3, 0.4) is 0 Å². The summed E-state index contributed by atoms with van der Waals surface area (Å²) < 4.78 is 13.7. The fourth-order valence-corrected chi connectivity index (χ4v) is 4.84. The molecule has 0 aliphatic rings. The minimum absolute atomic E-state index is 0.119. The molecule has 0 bridgehead atoms. The first-order chi connectivity index (χ1) is 14.6. The molecule has 0 spiro atoms. The Morgan fingerprint density at radius 1 is 1.33 bits per heavy atom. The van der Waals surface area contributed by atoms with E-state index in [1.54, 1.807) is 18.7 Å². The minimum Gasteiger partial charge on any atom is -0.497 e. The van der Waals surface area contributed by atoms with E-state index in [0.29, 0.717) is 29.7 Å². The van der Waals surface area contributed by atoms with E-state index >= 15 is 0 Å². The number of nitrogens with zero attached hydrogens (tertiary/aromatic N) is 3. The van der Waals surface area contributed by atoms with Gasteiger partial charge in [0.1, 0.15) is 5.75 Å². The van der Waals surface area contributed by atoms with Gasteiger partial charge in [-0.15, -0.1) is 23.1 Å². The molecule has 1 aromatic carbocycles. The lowest BCUT2D eigenvalue weighted by molar-refractivity contribution is -0.115. The van der Waals surface area contributed by atoms with Gasteiger partial charge in [-0.1, -0.05) is 11.3 Å². The third-order valence-corrected chi connectivity index (χ3v) is 6.56. The number of hydrogen-bond acceptors (Lipinski definition) is 8. The normalized spacial score (nSPS) is 11.7. The number of hydrogen-bond donors (Lipinski definition) is 1. The van der Waals surface area contributed by atoms with Gasteiger partial charge in [-0.3, -0.25) is 9.59 Å². The lowest BCUT2D eigenvalue weighted by Gasteiger charge is -2.06. The molecule has 30 heavy (non-hydrogen) atoms. The SMILES string of the molecule is CCOCCn1c(=NC(=O)CSCC(=O)Nc2nccs2)sc2cc(OC)ccc21. The van der Waals surface area contributed by atoms with E-state index < -0.39 is 0 Å². The Balaban J connectivity index is 1.68. The first kappa shape index (κ1) is 22.5. The lowest BCUT2D eigenvalue weighted by Crippen LogP contribution is -2.20. The van der Waals surface area contributed by atoms with Crippen LogP contribution in [0.2, 0.25) is 0 Å². The van der Waals surface area contributed by atoms with Crippen molar-refractivity contribution in [1.29, 1.82) is 0 Å². The van der Waals surface area contributed by atoms with Crippen LogP contribution in [0.15, 0.2) is 34.8 Å². The molecule has 2 amide bonds. The monoisotopic (exact) mass is 466 g/mol. The van der Waals surface area contributed by atoms with E-state index in [4.69, 9.17) is 9.47 Å². The van der Waals surface area contributed by atoms with Crippen molar-refractivity contribution < 1.29 is 19.1 Å². The van der Waals surface area contributed by atoms with Crippen molar-refractivity contribution in [3.63, 3.8) is 0 Å². The highest BCUT2D eigenvalue weighted by molar-refractivity contribution is 8.00. The van der Waals surface area contributed by atoms with Gasteiger partial charge in [0, 0.05) is 24.7 Å². The summed E-state index contributed by atoms with van der Waals surface area (Å²) in [7, 11) is 1.62. The molecule has 2 aromatic heterocycles. The molecule has 3 aromatic rings. The van der Waals surface area contributed by atoms with Gasteiger partial charge in [-0.05, 0) is 25.1 Å². The van der Waals surface area contributed by atoms with Crippen molar-refractivity contribution in [3.8, 4) is 5.75 Å². The Labute approximate surface area is 186 Å². The zero-order valence-corrected chi connectivity index (χ0v) is 19.1. The van der Waals surface area contributed by atoms with Crippen molar-refractivity contribution in [2.75, 3.05) is 37.1 Å². The van der Waals surface area contributed by atoms with Crippen LogP contribution in [0.25, 0.3) is 10.2 Å². The molecule has 11 heteroatoms. The minimum atomic E-state index is -0.286. The Morgan fingerprint density at radius 2 is 2.20 bits per heavy atom. The fourth-order valence-electron chi connectivity index (χ4n) is 2.59. The van der Waals surface area contributed by atoms with Gasteiger partial charge in [0.05, 0.1) is 35.4 Å². The molecule has 3 rings (SSSR count). The molecule has 0 saturated carbocycles. The summed E-state index contributed by atoms with van der Waals surface area (Å²) in [5, 5.41) is 5.02. The Kier molecular flexibility index (Phi) is 8.43. The van der Waals surface area contributed by atoms with E-state index in [1.165, 1.54) is 34.4 Å². The van der Waals surface area contributed by atoms with Gasteiger partial charge in [-0.25, -0.2) is 4.98 Å². The van der Waals surface area contributed by atoms with E-state index in [-0.39, 0.29) is 23.3 Å². The Hall–Kier alpha value is -2.21. The van der Waals surface area contributed by atoms with Crippen LogP contribution >= 0.6 is 34.4 Å². The quantitative estimate of drug-likeness (QED) is 0.462. The molecule has 0 aliphatic heterocycles. The van der Waals surface area contributed by atoms with Crippen LogP contribution in [0, 0.1) is 0 Å². The first-order valence-corrected chi connectivity index (χ1v) is 12.1. The molecule has 1 N–H and O–H groups in total. The summed E-state index contributed by atoms with van der Waals surface area (Å²) in [6, 6.07) is 5.77. The van der Waals surface area contributed by atoms with Gasteiger partial charge in [-0.2, -0.15) is 4.99 Å². The second kappa shape index (κ2) is 11.3. The molecule has 0 radical (unpaired) electrons. The van der Waals surface area contributed by atoms with Crippen molar-refractivity contribution in [2.45, 2.75) is 13.5 Å². The van der Waals surface area contributed by atoms with Crippen molar-refractivity contribution in [3.05, 3.63) is 34.6 Å². The Bertz CT molecular complexity index is 1060. The maximum absolute atomic E-state index is 12.4. The van der Waals surface area contributed by atoms with Crippen LogP contribution in [0.1, 0.15) is 6.92 Å². The summed E-state index contributed by atoms with van der Waals surface area (Å²) in [6.07, 6.45) is 1.62. The van der Waals surface area contributed by atoms with Crippen LogP contribution in [0.5, 0.6) is 5.75 Å². The largest absolute Gasteiger partial charge is 0.497 e. The predicted molar refractivity (Wildman–Crippen MR) is 121 cm³/mol. The maximum Gasteiger partial charge on any atom is 0.258 e. The summed E-state index contributed by atoms with van der Waals surface area (Å²) in [6.45, 7) is 3.69. The number of anilines is 1. The molecule has 0 fully saturated rings. The molecule has 160 valence electrons. The third kappa shape index (κ3) is 6.14. The van der Waals surface area contributed by atoms with Crippen LogP contribution in [0.4, 0.5) is 5.13 Å². The van der Waals surface area contributed by atoms with E-state index in [1.807, 2.05) is 29.7 Å². The number of methoxy groups -OCH3 is 1. The molecule has 2 heterocycles. The molecular weight excluding hydrogens is 444 g/mol. The van der Waals surface area contributed by atoms with Gasteiger partial charge < -0.3 is 19.4 Å². The van der Waals surface area contributed by atoms with Crippen LogP contribution in [-0.4, -0.2) is 53.2 Å². The maximum atomic E-state index is 12.4. The van der Waals surface area contributed by atoms with Crippen LogP contribution in [-0.2, 0) is 20.9 Å². The van der Waals surface area contributed by atoms with Gasteiger partial charge in [0.15, 0.2) is 9.93 Å². The summed E-state index contributed by atoms with van der Waals surface area (Å²) in [5.41, 5.74) is 0.975. The van der Waals surface area contributed by atoms with Gasteiger partial charge >= 0.3 is 0 Å². The van der Waals surface area contributed by atoms with E-state index in [9.17, 15) is 9.59 Å². The number of nitrogens with one attached hydrogen (secondary N) is 1. The summed E-state index contributed by atoms with van der Waals surface area (Å²) in [4.78, 5) is 33.2. The standard InChI is InChI=1S/C19H22N4O4S3/c1-3-27-8-7-23-14-5-4-13(26-2)10-15(14)30-19(23)22-17(25)12-28-11-16(24)21-18-20-6-9-29-18/h4-6,9-10H,3,7-8,11-12H2,1-2H3,(H,20,21,24). The highest BCUT2D eigenvalue weighted by Crippen LogP contribution is 2.23. The van der Waals surface area contributed by atoms with Crippen molar-refractivity contribution in [2.24, 2.45) is 4.99 Å². The number of fused-ring (bicyclic) bond motifs is 1. The topological polar surface area (TPSA) is 94.8 Å². The zero-order chi connectivity index (χ0) is 21.3. The van der Waals surface area contributed by atoms with E-state index in [2.05, 4.69) is 15.3 Å². The van der Waals surface area contributed by atoms with Gasteiger partial charge in [0.25, 0.3) is 5.91 Å². The summed E-state index contributed by atoms with van der Waals surface area (Å²) in [5.74, 6) is 0.554. The van der Waals surface area contributed by atoms with Crippen molar-refractivity contribution in [1.82, 2.24) is 9.55 Å². The van der Waals surface area contributed by atoms with Gasteiger partial charge in [0.2, 0.25) is 5.91 Å². The second-order valence-corrected chi connectivity index (χ2v) is 8.84. The molecule has 8 nitrogen and oxygen atoms in total. The predicted octanol–water partition coefficient (Wildman–Crippen LogP) is 3.00. The zero-order valence-electron chi connectivity index (χ0n) is 16.6. The molecule has 0 saturated heterocycles. The lowest BCUT2D eigenvalue weighted by atomic mass is 10.3. The molecule has 0 atom stereocenters. The second-order valence-electron chi connectivity index (χ2n) is 5.95. The number of carbonyl (C=O) groups excluding carboxylic acids is 2. The number of ether oxygens (including phenoxy) is 2. The Morgan fingerprint density at radius 3 is 2.93 bits per heavy atom. The number of carbonyl (C=O) groups is 2. The average molecular weight is 467 g/mol. The van der Waals surface area contributed by atoms with Crippen molar-refractivity contribution >= 4 is 61.6 Å². The number of benzene rings is 1. The highest BCUT2D eigenvalue weighted by atomic mass is 32.2. The fraction of sp³-hybridized carbons (Fsp3) is 0.368. The number of rotatable bonds is 10. The average Bonchev–Trinajstić information content (AvgIpc) is 3.35. The molecule has 0 unspecified atom stereocenters. The molecule has 0 aliphatic carbocycles. The summed E-state index contributed by atoms with van der Waals surface area (Å²) >= 11 is 4.00. The highest BCUT2D eigenvalue weighted by Gasteiger charge is 2.10. The number of amides is 2. The smallest absolute Gasteiger partial charge is 0.258 e. The number of thioether (sulfide) groups is 1. The van der Waals surface area contributed by atoms with Crippen LogP contribution < -0.4 is 14.9 Å². The van der Waals surface area contributed by atoms with E-state index in [0.717, 1.165) is 16.0 Å². The third-order valence-electron chi connectivity index (χ3n) is 3.91. The number of aromatic nitrogens is 2.